The first-order valence-corrected chi connectivity index (χ1v) is 9.63. The molecule has 0 saturated carbocycles. The van der Waals surface area contributed by atoms with Crippen LogP contribution in [0.15, 0.2) is 42.5 Å². The third-order valence-corrected chi connectivity index (χ3v) is 4.93. The van der Waals surface area contributed by atoms with Crippen LogP contribution in [0.3, 0.4) is 0 Å². The molecule has 26 heavy (non-hydrogen) atoms. The molecule has 0 aliphatic rings. The highest BCUT2D eigenvalue weighted by Gasteiger charge is 2.14. The molecule has 1 atom stereocenters. The van der Waals surface area contributed by atoms with E-state index in [1.807, 2.05) is 0 Å². The van der Waals surface area contributed by atoms with Gasteiger partial charge in [0, 0.05) is 28.6 Å². The Balaban J connectivity index is 1.69. The quantitative estimate of drug-likeness (QED) is 0.641. The van der Waals surface area contributed by atoms with Crippen LogP contribution in [0.25, 0.3) is 0 Å². The van der Waals surface area contributed by atoms with E-state index in [-0.39, 0.29) is 11.7 Å². The second-order valence-electron chi connectivity index (χ2n) is 5.48. The average Bonchev–Trinajstić information content (AvgIpc) is 2.64. The first kappa shape index (κ1) is 20.4. The molecule has 0 fully saturated rings. The summed E-state index contributed by atoms with van der Waals surface area (Å²) in [5.74, 6) is 1.91. The van der Waals surface area contributed by atoms with Crippen LogP contribution in [0.4, 0.5) is 4.39 Å². The first-order chi connectivity index (χ1) is 12.5. The summed E-state index contributed by atoms with van der Waals surface area (Å²) in [6.07, 6.45) is -0.616. The molecule has 7 heteroatoms. The molecule has 0 bridgehead atoms. The highest BCUT2D eigenvalue weighted by atomic mass is 35.5. The van der Waals surface area contributed by atoms with Gasteiger partial charge in [0.05, 0.1) is 7.11 Å². The van der Waals surface area contributed by atoms with E-state index in [1.165, 1.54) is 17.8 Å². The monoisotopic (exact) mass is 397 g/mol. The van der Waals surface area contributed by atoms with Gasteiger partial charge < -0.3 is 14.8 Å². The molecule has 0 aromatic heterocycles. The lowest BCUT2D eigenvalue weighted by Gasteiger charge is -2.15. The molecular formula is C19H21ClFNO3S. The van der Waals surface area contributed by atoms with Crippen LogP contribution in [0, 0.1) is 5.82 Å². The Kier molecular flexibility index (Phi) is 8.06. The summed E-state index contributed by atoms with van der Waals surface area (Å²) < 4.78 is 24.3. The molecule has 0 radical (unpaired) electrons. The normalized spacial score (nSPS) is 11.7. The van der Waals surface area contributed by atoms with Crippen LogP contribution in [0.2, 0.25) is 5.02 Å². The zero-order valence-electron chi connectivity index (χ0n) is 14.6. The number of benzene rings is 2. The first-order valence-electron chi connectivity index (χ1n) is 8.10. The standard InChI is InChI=1S/C19H21ClFNO3S/c1-13(25-15-8-6-14(24-2)7-9-15)19(23)22-10-11-26-12-16-17(20)4-3-5-18(16)21/h3-9,13H,10-12H2,1-2H3,(H,22,23)/t13-/m1/s1. The fourth-order valence-electron chi connectivity index (χ4n) is 2.15. The molecule has 2 aromatic rings. The minimum Gasteiger partial charge on any atom is -0.497 e. The van der Waals surface area contributed by atoms with Gasteiger partial charge in [-0.1, -0.05) is 17.7 Å². The Hall–Kier alpha value is -1.92. The summed E-state index contributed by atoms with van der Waals surface area (Å²) in [6.45, 7) is 2.15. The lowest BCUT2D eigenvalue weighted by molar-refractivity contribution is -0.127. The van der Waals surface area contributed by atoms with Crippen molar-refractivity contribution in [1.29, 1.82) is 0 Å². The van der Waals surface area contributed by atoms with Crippen LogP contribution >= 0.6 is 23.4 Å². The lowest BCUT2D eigenvalue weighted by atomic mass is 10.2. The molecule has 0 heterocycles. The smallest absolute Gasteiger partial charge is 0.260 e. The summed E-state index contributed by atoms with van der Waals surface area (Å²) in [5, 5.41) is 3.22. The van der Waals surface area contributed by atoms with E-state index in [9.17, 15) is 9.18 Å². The number of thioether (sulfide) groups is 1. The van der Waals surface area contributed by atoms with Gasteiger partial charge in [-0.15, -0.1) is 0 Å². The number of hydrogen-bond acceptors (Lipinski definition) is 4. The molecule has 0 saturated heterocycles. The van der Waals surface area contributed by atoms with Crippen LogP contribution in [-0.4, -0.2) is 31.4 Å². The number of amides is 1. The molecule has 1 amide bonds. The van der Waals surface area contributed by atoms with Crippen molar-refractivity contribution < 1.29 is 18.7 Å². The average molecular weight is 398 g/mol. The highest BCUT2D eigenvalue weighted by Crippen LogP contribution is 2.23. The van der Waals surface area contributed by atoms with E-state index in [1.54, 1.807) is 50.4 Å². The summed E-state index contributed by atoms with van der Waals surface area (Å²) in [4.78, 5) is 12.1. The molecular weight excluding hydrogens is 377 g/mol. The van der Waals surface area contributed by atoms with Crippen molar-refractivity contribution in [2.24, 2.45) is 0 Å². The maximum atomic E-state index is 13.7. The number of hydrogen-bond donors (Lipinski definition) is 1. The summed E-state index contributed by atoms with van der Waals surface area (Å²) in [6, 6.07) is 11.7. The van der Waals surface area contributed by atoms with E-state index in [0.29, 0.717) is 34.4 Å². The Labute approximate surface area is 162 Å². The predicted molar refractivity (Wildman–Crippen MR) is 104 cm³/mol. The van der Waals surface area contributed by atoms with E-state index in [2.05, 4.69) is 5.32 Å². The molecule has 1 N–H and O–H groups in total. The second-order valence-corrected chi connectivity index (χ2v) is 6.99. The van der Waals surface area contributed by atoms with E-state index >= 15 is 0 Å². The Morgan fingerprint density at radius 2 is 1.92 bits per heavy atom. The summed E-state index contributed by atoms with van der Waals surface area (Å²) in [5.41, 5.74) is 0.488. The van der Waals surface area contributed by atoms with Gasteiger partial charge in [-0.25, -0.2) is 4.39 Å². The van der Waals surface area contributed by atoms with Gasteiger partial charge in [-0.3, -0.25) is 4.79 Å². The molecule has 4 nitrogen and oxygen atoms in total. The molecule has 2 aromatic carbocycles. The Bertz CT molecular complexity index is 707. The van der Waals surface area contributed by atoms with Crippen LogP contribution in [-0.2, 0) is 10.5 Å². The second kappa shape index (κ2) is 10.3. The molecule has 0 aliphatic carbocycles. The largest absolute Gasteiger partial charge is 0.497 e. The molecule has 0 spiro atoms. The lowest BCUT2D eigenvalue weighted by Crippen LogP contribution is -2.37. The van der Waals surface area contributed by atoms with Gasteiger partial charge in [0.1, 0.15) is 17.3 Å². The summed E-state index contributed by atoms with van der Waals surface area (Å²) >= 11 is 7.49. The zero-order chi connectivity index (χ0) is 18.9. The number of methoxy groups -OCH3 is 1. The maximum Gasteiger partial charge on any atom is 0.260 e. The highest BCUT2D eigenvalue weighted by molar-refractivity contribution is 7.98. The zero-order valence-corrected chi connectivity index (χ0v) is 16.2. The third kappa shape index (κ3) is 6.11. The third-order valence-electron chi connectivity index (χ3n) is 3.60. The predicted octanol–water partition coefficient (Wildman–Crippen LogP) is 4.30. The minimum atomic E-state index is -0.616. The van der Waals surface area contributed by atoms with Gasteiger partial charge in [0.25, 0.3) is 5.91 Å². The van der Waals surface area contributed by atoms with Crippen LogP contribution in [0.1, 0.15) is 12.5 Å². The molecule has 0 unspecified atom stereocenters. The van der Waals surface area contributed by atoms with Crippen molar-refractivity contribution in [1.82, 2.24) is 5.32 Å². The SMILES string of the molecule is COc1ccc(O[C@H](C)C(=O)NCCSCc2c(F)cccc2Cl)cc1. The van der Waals surface area contributed by atoms with E-state index in [0.717, 1.165) is 5.75 Å². The number of carbonyl (C=O) groups is 1. The van der Waals surface area contributed by atoms with Crippen LogP contribution in [0.5, 0.6) is 11.5 Å². The van der Waals surface area contributed by atoms with Gasteiger partial charge in [0.15, 0.2) is 6.10 Å². The minimum absolute atomic E-state index is 0.203. The fourth-order valence-corrected chi connectivity index (χ4v) is 3.34. The summed E-state index contributed by atoms with van der Waals surface area (Å²) in [7, 11) is 1.59. The van der Waals surface area contributed by atoms with Crippen molar-refractivity contribution in [3.05, 3.63) is 58.9 Å². The van der Waals surface area contributed by atoms with Gasteiger partial charge in [-0.2, -0.15) is 11.8 Å². The van der Waals surface area contributed by atoms with Gasteiger partial charge in [0.2, 0.25) is 0 Å². The van der Waals surface area contributed by atoms with E-state index in [4.69, 9.17) is 21.1 Å². The number of nitrogens with one attached hydrogen (secondary N) is 1. The molecule has 2 rings (SSSR count). The van der Waals surface area contributed by atoms with Crippen molar-refractivity contribution in [3.8, 4) is 11.5 Å². The molecule has 0 aliphatic heterocycles. The maximum absolute atomic E-state index is 13.7. The van der Waals surface area contributed by atoms with Crippen molar-refractivity contribution in [2.45, 2.75) is 18.8 Å². The number of carbonyl (C=O) groups excluding carboxylic acids is 1. The topological polar surface area (TPSA) is 47.6 Å². The van der Waals surface area contributed by atoms with Gasteiger partial charge in [-0.05, 0) is 43.3 Å². The van der Waals surface area contributed by atoms with Gasteiger partial charge >= 0.3 is 0 Å². The van der Waals surface area contributed by atoms with E-state index < -0.39 is 6.10 Å². The Morgan fingerprint density at radius 1 is 1.23 bits per heavy atom. The number of halogens is 2. The fraction of sp³-hybridized carbons (Fsp3) is 0.316. The van der Waals surface area contributed by atoms with Crippen molar-refractivity contribution in [3.63, 3.8) is 0 Å². The van der Waals surface area contributed by atoms with Crippen molar-refractivity contribution in [2.75, 3.05) is 19.4 Å². The number of ether oxygens (including phenoxy) is 2. The number of rotatable bonds is 9. The Morgan fingerprint density at radius 3 is 2.58 bits per heavy atom. The van der Waals surface area contributed by atoms with Crippen molar-refractivity contribution >= 4 is 29.3 Å². The van der Waals surface area contributed by atoms with Crippen LogP contribution < -0.4 is 14.8 Å². The molecule has 140 valence electrons.